The molecule has 0 bridgehead atoms. The zero-order valence-electron chi connectivity index (χ0n) is 11.3. The monoisotopic (exact) mass is 265 g/mol. The van der Waals surface area contributed by atoms with E-state index in [-0.39, 0.29) is 18.4 Å². The number of ether oxygens (including phenoxy) is 2. The number of hydrogen-bond donors (Lipinski definition) is 1. The Morgan fingerprint density at radius 2 is 2.16 bits per heavy atom. The number of nitrogens with zero attached hydrogens (tertiary/aromatic N) is 1. The normalized spacial score (nSPS) is 15.0. The zero-order valence-corrected chi connectivity index (χ0v) is 11.3. The number of aliphatic hydroxyl groups is 1. The fraction of sp³-hybridized carbons (Fsp3) is 0.500. The minimum Gasteiger partial charge on any atom is -0.493 e. The Bertz CT molecular complexity index is 455. The Hall–Kier alpha value is -1.75. The van der Waals surface area contributed by atoms with Crippen LogP contribution in [0.4, 0.5) is 0 Å². The molecular weight excluding hydrogens is 246 g/mol. The molecule has 0 aliphatic carbocycles. The van der Waals surface area contributed by atoms with Gasteiger partial charge in [0.15, 0.2) is 11.5 Å². The third-order valence-electron chi connectivity index (χ3n) is 3.21. The van der Waals surface area contributed by atoms with Crippen LogP contribution in [0.5, 0.6) is 11.5 Å². The molecule has 0 aromatic heterocycles. The highest BCUT2D eigenvalue weighted by Gasteiger charge is 2.30. The van der Waals surface area contributed by atoms with E-state index in [4.69, 9.17) is 14.6 Å². The third kappa shape index (κ3) is 2.81. The molecular formula is C14H19NO4. The first-order valence-electron chi connectivity index (χ1n) is 6.40. The molecule has 2 rings (SSSR count). The predicted octanol–water partition coefficient (Wildman–Crippen LogP) is 1.16. The molecule has 1 heterocycles. The first kappa shape index (κ1) is 13.7. The van der Waals surface area contributed by atoms with Crippen molar-refractivity contribution in [3.8, 4) is 11.5 Å². The molecule has 1 fully saturated rings. The summed E-state index contributed by atoms with van der Waals surface area (Å²) in [7, 11) is 1.57. The molecule has 19 heavy (non-hydrogen) atoms. The second-order valence-corrected chi connectivity index (χ2v) is 4.56. The van der Waals surface area contributed by atoms with Crippen LogP contribution in [0.25, 0.3) is 0 Å². The van der Waals surface area contributed by atoms with Crippen LogP contribution >= 0.6 is 0 Å². The summed E-state index contributed by atoms with van der Waals surface area (Å²) >= 11 is 0. The third-order valence-corrected chi connectivity index (χ3v) is 3.21. The minimum atomic E-state index is -0.0340. The number of rotatable bonds is 5. The fourth-order valence-corrected chi connectivity index (χ4v) is 2.11. The summed E-state index contributed by atoms with van der Waals surface area (Å²) in [4.78, 5) is 13.9. The van der Waals surface area contributed by atoms with E-state index in [1.165, 1.54) is 0 Å². The molecule has 1 N–H and O–H groups in total. The van der Waals surface area contributed by atoms with Crippen molar-refractivity contribution < 1.29 is 19.4 Å². The van der Waals surface area contributed by atoms with Gasteiger partial charge < -0.3 is 19.5 Å². The summed E-state index contributed by atoms with van der Waals surface area (Å²) in [6, 6.07) is 5.18. The van der Waals surface area contributed by atoms with Crippen LogP contribution < -0.4 is 9.47 Å². The largest absolute Gasteiger partial charge is 0.493 e. The Kier molecular flexibility index (Phi) is 4.27. The van der Waals surface area contributed by atoms with Gasteiger partial charge in [-0.25, -0.2) is 0 Å². The number of carbonyl (C=O) groups is 1. The van der Waals surface area contributed by atoms with Crippen molar-refractivity contribution in [3.05, 3.63) is 23.8 Å². The molecule has 0 spiro atoms. The number of benzene rings is 1. The summed E-state index contributed by atoms with van der Waals surface area (Å²) < 4.78 is 10.6. The van der Waals surface area contributed by atoms with Crippen molar-refractivity contribution in [2.24, 2.45) is 5.92 Å². The molecule has 1 aliphatic rings. The Morgan fingerprint density at radius 3 is 2.74 bits per heavy atom. The number of aliphatic hydroxyl groups excluding tert-OH is 1. The molecule has 5 nitrogen and oxygen atoms in total. The first-order chi connectivity index (χ1) is 9.19. The van der Waals surface area contributed by atoms with Crippen LogP contribution in [-0.2, 0) is 0 Å². The van der Waals surface area contributed by atoms with Crippen molar-refractivity contribution in [2.75, 3.05) is 33.4 Å². The molecule has 1 aromatic carbocycles. The van der Waals surface area contributed by atoms with E-state index < -0.39 is 0 Å². The maximum Gasteiger partial charge on any atom is 0.254 e. The lowest BCUT2D eigenvalue weighted by molar-refractivity contribution is 0.0361. The van der Waals surface area contributed by atoms with E-state index in [9.17, 15) is 4.79 Å². The molecule has 1 amide bonds. The Balaban J connectivity index is 2.12. The molecule has 1 saturated heterocycles. The van der Waals surface area contributed by atoms with Gasteiger partial charge in [-0.15, -0.1) is 0 Å². The minimum absolute atomic E-state index is 0.0340. The summed E-state index contributed by atoms with van der Waals surface area (Å²) in [6.45, 7) is 3.77. The van der Waals surface area contributed by atoms with Crippen LogP contribution in [0.3, 0.4) is 0 Å². The average molecular weight is 265 g/mol. The number of carbonyl (C=O) groups excluding carboxylic acids is 1. The highest BCUT2D eigenvalue weighted by molar-refractivity contribution is 5.95. The smallest absolute Gasteiger partial charge is 0.254 e. The van der Waals surface area contributed by atoms with Crippen LogP contribution in [0.2, 0.25) is 0 Å². The van der Waals surface area contributed by atoms with Crippen LogP contribution in [0, 0.1) is 5.92 Å². The van der Waals surface area contributed by atoms with E-state index in [0.717, 1.165) is 0 Å². The molecule has 1 aliphatic heterocycles. The van der Waals surface area contributed by atoms with E-state index in [2.05, 4.69) is 0 Å². The Labute approximate surface area is 112 Å². The van der Waals surface area contributed by atoms with Gasteiger partial charge in [0.25, 0.3) is 5.91 Å². The second kappa shape index (κ2) is 5.93. The zero-order chi connectivity index (χ0) is 13.8. The lowest BCUT2D eigenvalue weighted by Crippen LogP contribution is -2.51. The van der Waals surface area contributed by atoms with E-state index >= 15 is 0 Å². The van der Waals surface area contributed by atoms with Gasteiger partial charge in [0.1, 0.15) is 0 Å². The standard InChI is InChI=1S/C14H19NO4/c1-3-19-13-6-11(4-5-12(13)18-2)14(17)15-7-10(8-15)9-16/h4-6,10,16H,3,7-9H2,1-2H3. The van der Waals surface area contributed by atoms with Gasteiger partial charge in [-0.1, -0.05) is 0 Å². The molecule has 0 saturated carbocycles. The van der Waals surface area contributed by atoms with Crippen molar-refractivity contribution >= 4 is 5.91 Å². The molecule has 5 heteroatoms. The van der Waals surface area contributed by atoms with Gasteiger partial charge in [-0.3, -0.25) is 4.79 Å². The molecule has 0 radical (unpaired) electrons. The maximum atomic E-state index is 12.2. The number of likely N-dealkylation sites (tertiary alicyclic amines) is 1. The van der Waals surface area contributed by atoms with Gasteiger partial charge in [0.05, 0.1) is 13.7 Å². The van der Waals surface area contributed by atoms with Gasteiger partial charge in [-0.2, -0.15) is 0 Å². The predicted molar refractivity (Wildman–Crippen MR) is 70.6 cm³/mol. The van der Waals surface area contributed by atoms with Crippen molar-refractivity contribution in [2.45, 2.75) is 6.92 Å². The molecule has 1 aromatic rings. The molecule has 0 atom stereocenters. The molecule has 104 valence electrons. The van der Waals surface area contributed by atoms with E-state index in [1.54, 1.807) is 30.2 Å². The van der Waals surface area contributed by atoms with E-state index in [0.29, 0.717) is 36.8 Å². The van der Waals surface area contributed by atoms with Gasteiger partial charge >= 0.3 is 0 Å². The maximum absolute atomic E-state index is 12.2. The quantitative estimate of drug-likeness (QED) is 0.868. The summed E-state index contributed by atoms with van der Waals surface area (Å²) in [5.74, 6) is 1.38. The summed E-state index contributed by atoms with van der Waals surface area (Å²) in [5.41, 5.74) is 0.584. The Morgan fingerprint density at radius 1 is 1.42 bits per heavy atom. The number of amides is 1. The van der Waals surface area contributed by atoms with Gasteiger partial charge in [0, 0.05) is 31.2 Å². The lowest BCUT2D eigenvalue weighted by atomic mass is 10.00. The number of methoxy groups -OCH3 is 1. The SMILES string of the molecule is CCOc1cc(C(=O)N2CC(CO)C2)ccc1OC. The average Bonchev–Trinajstić information content (AvgIpc) is 2.37. The second-order valence-electron chi connectivity index (χ2n) is 4.56. The highest BCUT2D eigenvalue weighted by Crippen LogP contribution is 2.29. The van der Waals surface area contributed by atoms with Gasteiger partial charge in [0.2, 0.25) is 0 Å². The lowest BCUT2D eigenvalue weighted by Gasteiger charge is -2.38. The van der Waals surface area contributed by atoms with Gasteiger partial charge in [-0.05, 0) is 25.1 Å². The number of hydrogen-bond acceptors (Lipinski definition) is 4. The first-order valence-corrected chi connectivity index (χ1v) is 6.40. The van der Waals surface area contributed by atoms with Crippen LogP contribution in [-0.4, -0.2) is 49.3 Å². The van der Waals surface area contributed by atoms with Crippen molar-refractivity contribution in [1.82, 2.24) is 4.90 Å². The summed E-state index contributed by atoms with van der Waals surface area (Å²) in [5, 5.41) is 8.96. The highest BCUT2D eigenvalue weighted by atomic mass is 16.5. The van der Waals surface area contributed by atoms with E-state index in [1.807, 2.05) is 6.92 Å². The van der Waals surface area contributed by atoms with Crippen LogP contribution in [0.15, 0.2) is 18.2 Å². The van der Waals surface area contributed by atoms with Crippen molar-refractivity contribution in [1.29, 1.82) is 0 Å². The van der Waals surface area contributed by atoms with Crippen molar-refractivity contribution in [3.63, 3.8) is 0 Å². The topological polar surface area (TPSA) is 59.0 Å². The summed E-state index contributed by atoms with van der Waals surface area (Å²) in [6.07, 6.45) is 0. The molecule has 0 unspecified atom stereocenters. The fourth-order valence-electron chi connectivity index (χ4n) is 2.11. The van der Waals surface area contributed by atoms with Crippen LogP contribution in [0.1, 0.15) is 17.3 Å².